The largest absolute Gasteiger partial charge is 0.351 e. The van der Waals surface area contributed by atoms with Crippen molar-refractivity contribution in [3.63, 3.8) is 0 Å². The monoisotopic (exact) mass is 316 g/mol. The van der Waals surface area contributed by atoms with Gasteiger partial charge in [-0.05, 0) is 34.7 Å². The molecule has 1 fully saturated rings. The summed E-state index contributed by atoms with van der Waals surface area (Å²) in [5.74, 6) is 0.907. The quantitative estimate of drug-likeness (QED) is 0.843. The molecule has 0 aliphatic heterocycles. The summed E-state index contributed by atoms with van der Waals surface area (Å²) >= 11 is 4.63. The molecule has 0 aromatic carbocycles. The number of halogens is 1. The van der Waals surface area contributed by atoms with Gasteiger partial charge >= 0.3 is 0 Å². The van der Waals surface area contributed by atoms with Crippen LogP contribution in [0.25, 0.3) is 0 Å². The molecule has 0 radical (unpaired) electrons. The maximum absolute atomic E-state index is 11.7. The predicted octanol–water partition coefficient (Wildman–Crippen LogP) is 3.61. The fraction of sp³-hybridized carbons (Fsp3) is 0.667. The van der Waals surface area contributed by atoms with E-state index >= 15 is 0 Å². The predicted molar refractivity (Wildman–Crippen MR) is 73.3 cm³/mol. The number of hydrogen-bond acceptors (Lipinski definition) is 3. The van der Waals surface area contributed by atoms with Gasteiger partial charge in [-0.1, -0.05) is 25.7 Å². The van der Waals surface area contributed by atoms with E-state index in [0.717, 1.165) is 22.8 Å². The first-order valence-electron chi connectivity index (χ1n) is 6.15. The molecule has 3 nitrogen and oxygen atoms in total. The SMILES string of the molecule is O=C(NCCCC1CCCC1)c1cnc(Br)s1. The summed E-state index contributed by atoms with van der Waals surface area (Å²) in [5.41, 5.74) is 0. The lowest BCUT2D eigenvalue weighted by Crippen LogP contribution is -2.23. The first-order chi connectivity index (χ1) is 8.25. The summed E-state index contributed by atoms with van der Waals surface area (Å²) in [7, 11) is 0. The minimum absolute atomic E-state index is 0.000350. The smallest absolute Gasteiger partial charge is 0.263 e. The Labute approximate surface area is 114 Å². The number of thiazole rings is 1. The second-order valence-electron chi connectivity index (χ2n) is 4.53. The van der Waals surface area contributed by atoms with E-state index < -0.39 is 0 Å². The maximum atomic E-state index is 11.7. The van der Waals surface area contributed by atoms with Crippen molar-refractivity contribution in [2.45, 2.75) is 38.5 Å². The Morgan fingerprint density at radius 2 is 2.29 bits per heavy atom. The van der Waals surface area contributed by atoms with Crippen molar-refractivity contribution < 1.29 is 4.79 Å². The van der Waals surface area contributed by atoms with E-state index in [2.05, 4.69) is 26.2 Å². The molecule has 0 saturated heterocycles. The molecule has 1 aromatic heterocycles. The van der Waals surface area contributed by atoms with Gasteiger partial charge in [0.05, 0.1) is 6.20 Å². The Balaban J connectivity index is 1.63. The van der Waals surface area contributed by atoms with Crippen LogP contribution in [0.5, 0.6) is 0 Å². The molecule has 17 heavy (non-hydrogen) atoms. The molecule has 0 spiro atoms. The summed E-state index contributed by atoms with van der Waals surface area (Å²) < 4.78 is 0.758. The van der Waals surface area contributed by atoms with E-state index in [-0.39, 0.29) is 5.91 Å². The van der Waals surface area contributed by atoms with Crippen molar-refractivity contribution in [3.05, 3.63) is 15.0 Å². The molecule has 1 aliphatic rings. The third-order valence-electron chi connectivity index (χ3n) is 3.25. The third kappa shape index (κ3) is 4.07. The number of rotatable bonds is 5. The van der Waals surface area contributed by atoms with E-state index in [1.54, 1.807) is 6.20 Å². The number of hydrogen-bond donors (Lipinski definition) is 1. The molecule has 1 heterocycles. The summed E-state index contributed by atoms with van der Waals surface area (Å²) in [6, 6.07) is 0. The molecule has 1 N–H and O–H groups in total. The van der Waals surface area contributed by atoms with Gasteiger partial charge in [0.25, 0.3) is 5.91 Å². The van der Waals surface area contributed by atoms with E-state index in [4.69, 9.17) is 0 Å². The molecular formula is C12H17BrN2OS. The van der Waals surface area contributed by atoms with Crippen LogP contribution >= 0.6 is 27.3 Å². The minimum Gasteiger partial charge on any atom is -0.351 e. The zero-order valence-corrected chi connectivity index (χ0v) is 12.1. The van der Waals surface area contributed by atoms with E-state index in [1.165, 1.54) is 43.4 Å². The molecule has 1 aromatic rings. The maximum Gasteiger partial charge on any atom is 0.263 e. The van der Waals surface area contributed by atoms with Crippen LogP contribution in [0.4, 0.5) is 0 Å². The first-order valence-corrected chi connectivity index (χ1v) is 7.76. The topological polar surface area (TPSA) is 42.0 Å². The normalized spacial score (nSPS) is 16.3. The average Bonchev–Trinajstić information content (AvgIpc) is 2.95. The van der Waals surface area contributed by atoms with E-state index in [9.17, 15) is 4.79 Å². The van der Waals surface area contributed by atoms with Gasteiger partial charge in [0.2, 0.25) is 0 Å². The lowest BCUT2D eigenvalue weighted by molar-refractivity contribution is 0.0956. The number of nitrogens with one attached hydrogen (secondary N) is 1. The lowest BCUT2D eigenvalue weighted by Gasteiger charge is -2.08. The Kier molecular flexibility index (Phi) is 4.98. The number of aromatic nitrogens is 1. The summed E-state index contributed by atoms with van der Waals surface area (Å²) in [6.07, 6.45) is 9.52. The molecule has 1 aliphatic carbocycles. The Morgan fingerprint density at radius 1 is 1.53 bits per heavy atom. The highest BCUT2D eigenvalue weighted by atomic mass is 79.9. The second kappa shape index (κ2) is 6.50. The van der Waals surface area contributed by atoms with E-state index in [0.29, 0.717) is 4.88 Å². The van der Waals surface area contributed by atoms with Gasteiger partial charge in [-0.2, -0.15) is 0 Å². The molecular weight excluding hydrogens is 300 g/mol. The molecule has 0 unspecified atom stereocenters. The van der Waals surface area contributed by atoms with Gasteiger partial charge in [0, 0.05) is 6.54 Å². The highest BCUT2D eigenvalue weighted by Gasteiger charge is 2.14. The van der Waals surface area contributed by atoms with Crippen LogP contribution in [0, 0.1) is 5.92 Å². The number of carbonyl (C=O) groups is 1. The summed E-state index contributed by atoms with van der Waals surface area (Å²) in [6.45, 7) is 0.783. The van der Waals surface area contributed by atoms with Gasteiger partial charge in [-0.25, -0.2) is 4.98 Å². The number of nitrogens with zero attached hydrogens (tertiary/aromatic N) is 1. The molecule has 94 valence electrons. The third-order valence-corrected chi connectivity index (χ3v) is 4.73. The molecule has 0 atom stereocenters. The van der Waals surface area contributed by atoms with Crippen molar-refractivity contribution in [1.29, 1.82) is 0 Å². The molecule has 1 saturated carbocycles. The van der Waals surface area contributed by atoms with Crippen molar-refractivity contribution in [2.24, 2.45) is 5.92 Å². The molecule has 0 bridgehead atoms. The fourth-order valence-electron chi connectivity index (χ4n) is 2.34. The standard InChI is InChI=1S/C12H17BrN2OS/c13-12-15-8-10(17-12)11(16)14-7-3-6-9-4-1-2-5-9/h8-9H,1-7H2,(H,14,16). The number of carbonyl (C=O) groups excluding carboxylic acids is 1. The van der Waals surface area contributed by atoms with Crippen LogP contribution in [0.2, 0.25) is 0 Å². The first kappa shape index (κ1) is 13.0. The van der Waals surface area contributed by atoms with Gasteiger partial charge in [-0.3, -0.25) is 4.79 Å². The Hall–Kier alpha value is -0.420. The van der Waals surface area contributed by atoms with Gasteiger partial charge in [-0.15, -0.1) is 11.3 Å². The van der Waals surface area contributed by atoms with Crippen LogP contribution in [-0.2, 0) is 0 Å². The second-order valence-corrected chi connectivity index (χ2v) is 6.83. The zero-order chi connectivity index (χ0) is 12.1. The van der Waals surface area contributed by atoms with Crippen molar-refractivity contribution >= 4 is 33.2 Å². The number of amides is 1. The molecule has 1 amide bonds. The highest BCUT2D eigenvalue weighted by Crippen LogP contribution is 2.28. The van der Waals surface area contributed by atoms with Gasteiger partial charge < -0.3 is 5.32 Å². The Bertz CT molecular complexity index is 374. The lowest BCUT2D eigenvalue weighted by atomic mass is 10.0. The van der Waals surface area contributed by atoms with Crippen LogP contribution in [0.1, 0.15) is 48.2 Å². The van der Waals surface area contributed by atoms with Crippen LogP contribution in [0.15, 0.2) is 10.1 Å². The zero-order valence-electron chi connectivity index (χ0n) is 9.75. The summed E-state index contributed by atoms with van der Waals surface area (Å²) in [4.78, 5) is 16.4. The van der Waals surface area contributed by atoms with Crippen molar-refractivity contribution in [3.8, 4) is 0 Å². The highest BCUT2D eigenvalue weighted by molar-refractivity contribution is 9.11. The summed E-state index contributed by atoms with van der Waals surface area (Å²) in [5, 5.41) is 2.95. The van der Waals surface area contributed by atoms with Crippen LogP contribution < -0.4 is 5.32 Å². The van der Waals surface area contributed by atoms with Crippen LogP contribution in [0.3, 0.4) is 0 Å². The molecule has 2 rings (SSSR count). The average molecular weight is 317 g/mol. The Morgan fingerprint density at radius 3 is 2.94 bits per heavy atom. The fourth-order valence-corrected chi connectivity index (χ4v) is 3.52. The van der Waals surface area contributed by atoms with Crippen LogP contribution in [-0.4, -0.2) is 17.4 Å². The van der Waals surface area contributed by atoms with Crippen molar-refractivity contribution in [2.75, 3.05) is 6.54 Å². The van der Waals surface area contributed by atoms with Gasteiger partial charge in [0.1, 0.15) is 4.88 Å². The minimum atomic E-state index is -0.000350. The van der Waals surface area contributed by atoms with Gasteiger partial charge in [0.15, 0.2) is 3.92 Å². The van der Waals surface area contributed by atoms with Crippen molar-refractivity contribution in [1.82, 2.24) is 10.3 Å². The molecule has 5 heteroatoms. The van der Waals surface area contributed by atoms with E-state index in [1.807, 2.05) is 0 Å².